The SMILES string of the molecule is Cc1ccc(C2=NC(=Cc3ccc(I)cc3)C(=O)O2)cc1[N+](=O)[O-]. The lowest BCUT2D eigenvalue weighted by molar-refractivity contribution is -0.385. The zero-order chi connectivity index (χ0) is 17.3. The first-order valence-corrected chi connectivity index (χ1v) is 8.05. The van der Waals surface area contributed by atoms with Crippen LogP contribution in [0.3, 0.4) is 0 Å². The molecule has 0 radical (unpaired) electrons. The van der Waals surface area contributed by atoms with Crippen LogP contribution in [0, 0.1) is 20.6 Å². The van der Waals surface area contributed by atoms with Gasteiger partial charge in [0.15, 0.2) is 5.70 Å². The van der Waals surface area contributed by atoms with Crippen molar-refractivity contribution >= 4 is 46.2 Å². The van der Waals surface area contributed by atoms with Crippen molar-refractivity contribution in [3.05, 3.63) is 78.5 Å². The van der Waals surface area contributed by atoms with Gasteiger partial charge in [-0.1, -0.05) is 18.2 Å². The van der Waals surface area contributed by atoms with Crippen LogP contribution in [-0.2, 0) is 9.53 Å². The van der Waals surface area contributed by atoms with Crippen molar-refractivity contribution in [1.29, 1.82) is 0 Å². The standard InChI is InChI=1S/C17H11IN2O4/c1-10-2-5-12(9-15(10)20(22)23)16-19-14(17(21)24-16)8-11-3-6-13(18)7-4-11/h2-9H,1H3. The van der Waals surface area contributed by atoms with E-state index in [-0.39, 0.29) is 17.3 Å². The Balaban J connectivity index is 1.96. The summed E-state index contributed by atoms with van der Waals surface area (Å²) in [5.41, 5.74) is 1.87. The van der Waals surface area contributed by atoms with Crippen molar-refractivity contribution in [2.45, 2.75) is 6.92 Å². The van der Waals surface area contributed by atoms with Crippen LogP contribution in [0.4, 0.5) is 5.69 Å². The first-order chi connectivity index (χ1) is 11.4. The molecule has 120 valence electrons. The molecule has 0 N–H and O–H groups in total. The predicted octanol–water partition coefficient (Wildman–Crippen LogP) is 3.85. The molecule has 1 aliphatic heterocycles. The highest BCUT2D eigenvalue weighted by molar-refractivity contribution is 14.1. The Morgan fingerprint density at radius 3 is 2.58 bits per heavy atom. The minimum absolute atomic E-state index is 0.0405. The number of cyclic esters (lactones) is 1. The molecule has 3 rings (SSSR count). The number of nitro benzene ring substituents is 1. The van der Waals surface area contributed by atoms with E-state index in [1.807, 2.05) is 24.3 Å². The van der Waals surface area contributed by atoms with E-state index in [4.69, 9.17) is 4.74 Å². The van der Waals surface area contributed by atoms with Crippen molar-refractivity contribution in [3.8, 4) is 0 Å². The minimum Gasteiger partial charge on any atom is -0.402 e. The normalized spacial score (nSPS) is 15.3. The Kier molecular flexibility index (Phi) is 4.43. The summed E-state index contributed by atoms with van der Waals surface area (Å²) < 4.78 is 6.23. The van der Waals surface area contributed by atoms with Crippen molar-refractivity contribution in [1.82, 2.24) is 0 Å². The number of rotatable bonds is 3. The summed E-state index contributed by atoms with van der Waals surface area (Å²) in [5.74, 6) is -0.508. The number of nitrogens with zero attached hydrogens (tertiary/aromatic N) is 2. The summed E-state index contributed by atoms with van der Waals surface area (Å²) in [5, 5.41) is 11.0. The van der Waals surface area contributed by atoms with Gasteiger partial charge in [0.05, 0.1) is 4.92 Å². The van der Waals surface area contributed by atoms with Gasteiger partial charge in [0.2, 0.25) is 5.90 Å². The quantitative estimate of drug-likeness (QED) is 0.242. The molecular formula is C17H11IN2O4. The molecule has 0 unspecified atom stereocenters. The molecule has 1 heterocycles. The molecule has 2 aromatic carbocycles. The molecule has 0 saturated carbocycles. The number of carbonyl (C=O) groups is 1. The lowest BCUT2D eigenvalue weighted by Crippen LogP contribution is -2.06. The molecule has 0 aliphatic carbocycles. The van der Waals surface area contributed by atoms with Crippen LogP contribution in [-0.4, -0.2) is 16.8 Å². The first kappa shape index (κ1) is 16.3. The highest BCUT2D eigenvalue weighted by atomic mass is 127. The molecule has 7 heteroatoms. The zero-order valence-electron chi connectivity index (χ0n) is 12.5. The monoisotopic (exact) mass is 434 g/mol. The van der Waals surface area contributed by atoms with E-state index in [0.29, 0.717) is 11.1 Å². The Morgan fingerprint density at radius 2 is 1.92 bits per heavy atom. The van der Waals surface area contributed by atoms with E-state index in [1.54, 1.807) is 25.1 Å². The van der Waals surface area contributed by atoms with Crippen LogP contribution in [0.1, 0.15) is 16.7 Å². The molecule has 24 heavy (non-hydrogen) atoms. The summed E-state index contributed by atoms with van der Waals surface area (Å²) in [6.45, 7) is 1.65. The molecule has 0 aromatic heterocycles. The van der Waals surface area contributed by atoms with Crippen LogP contribution in [0.25, 0.3) is 6.08 Å². The van der Waals surface area contributed by atoms with E-state index >= 15 is 0 Å². The second kappa shape index (κ2) is 6.52. The maximum Gasteiger partial charge on any atom is 0.363 e. The van der Waals surface area contributed by atoms with E-state index in [1.165, 1.54) is 6.07 Å². The highest BCUT2D eigenvalue weighted by Crippen LogP contribution is 2.24. The topological polar surface area (TPSA) is 81.8 Å². The van der Waals surface area contributed by atoms with Gasteiger partial charge in [-0.2, -0.15) is 0 Å². The molecule has 0 spiro atoms. The summed E-state index contributed by atoms with van der Waals surface area (Å²) in [4.78, 5) is 26.7. The molecule has 1 aliphatic rings. The van der Waals surface area contributed by atoms with Crippen LogP contribution in [0.2, 0.25) is 0 Å². The largest absolute Gasteiger partial charge is 0.402 e. The number of aryl methyl sites for hydroxylation is 1. The molecule has 2 aromatic rings. The van der Waals surface area contributed by atoms with Gasteiger partial charge in [-0.3, -0.25) is 10.1 Å². The van der Waals surface area contributed by atoms with Crippen LogP contribution in [0.15, 0.2) is 53.2 Å². The van der Waals surface area contributed by atoms with Crippen molar-refractivity contribution in [3.63, 3.8) is 0 Å². The van der Waals surface area contributed by atoms with E-state index in [2.05, 4.69) is 27.6 Å². The van der Waals surface area contributed by atoms with Gasteiger partial charge < -0.3 is 4.74 Å². The number of carbonyl (C=O) groups excluding carboxylic acids is 1. The van der Waals surface area contributed by atoms with Crippen LogP contribution >= 0.6 is 22.6 Å². The van der Waals surface area contributed by atoms with Gasteiger partial charge in [-0.05, 0) is 59.4 Å². The summed E-state index contributed by atoms with van der Waals surface area (Å²) in [6.07, 6.45) is 1.62. The Bertz CT molecular complexity index is 901. The Hall–Kier alpha value is -2.55. The molecule has 0 amide bonds. The minimum atomic E-state index is -0.577. The molecule has 0 atom stereocenters. The first-order valence-electron chi connectivity index (χ1n) is 6.97. The lowest BCUT2D eigenvalue weighted by atomic mass is 10.1. The Labute approximate surface area is 151 Å². The number of aliphatic imine (C=N–C) groups is 1. The maximum absolute atomic E-state index is 12.0. The van der Waals surface area contributed by atoms with Crippen molar-refractivity contribution in [2.24, 2.45) is 4.99 Å². The average molecular weight is 434 g/mol. The number of esters is 1. The fourth-order valence-electron chi connectivity index (χ4n) is 2.19. The second-order valence-electron chi connectivity index (χ2n) is 5.15. The van der Waals surface area contributed by atoms with Gasteiger partial charge in [-0.15, -0.1) is 0 Å². The fourth-order valence-corrected chi connectivity index (χ4v) is 2.55. The number of halogens is 1. The zero-order valence-corrected chi connectivity index (χ0v) is 14.7. The summed E-state index contributed by atoms with van der Waals surface area (Å²) in [7, 11) is 0. The average Bonchev–Trinajstić information content (AvgIpc) is 2.90. The fraction of sp³-hybridized carbons (Fsp3) is 0.0588. The lowest BCUT2D eigenvalue weighted by Gasteiger charge is -2.01. The van der Waals surface area contributed by atoms with Crippen LogP contribution < -0.4 is 0 Å². The summed E-state index contributed by atoms with van der Waals surface area (Å²) >= 11 is 2.19. The van der Waals surface area contributed by atoms with E-state index in [0.717, 1.165) is 9.13 Å². The molecule has 6 nitrogen and oxygen atoms in total. The number of hydrogen-bond acceptors (Lipinski definition) is 5. The maximum atomic E-state index is 12.0. The van der Waals surface area contributed by atoms with Gasteiger partial charge in [0.1, 0.15) is 0 Å². The van der Waals surface area contributed by atoms with Gasteiger partial charge >= 0.3 is 5.97 Å². The number of nitro groups is 1. The van der Waals surface area contributed by atoms with Gasteiger partial charge in [0, 0.05) is 20.8 Å². The number of benzene rings is 2. The van der Waals surface area contributed by atoms with E-state index in [9.17, 15) is 14.9 Å². The third-order valence-electron chi connectivity index (χ3n) is 3.45. The second-order valence-corrected chi connectivity index (χ2v) is 6.39. The molecule has 0 fully saturated rings. The Morgan fingerprint density at radius 1 is 1.21 bits per heavy atom. The predicted molar refractivity (Wildman–Crippen MR) is 97.6 cm³/mol. The number of ether oxygens (including phenoxy) is 1. The molecule has 0 bridgehead atoms. The number of hydrogen-bond donors (Lipinski definition) is 0. The van der Waals surface area contributed by atoms with Crippen molar-refractivity contribution < 1.29 is 14.5 Å². The molecule has 0 saturated heterocycles. The van der Waals surface area contributed by atoms with E-state index < -0.39 is 10.9 Å². The van der Waals surface area contributed by atoms with Gasteiger partial charge in [-0.25, -0.2) is 9.79 Å². The highest BCUT2D eigenvalue weighted by Gasteiger charge is 2.25. The van der Waals surface area contributed by atoms with Gasteiger partial charge in [0.25, 0.3) is 5.69 Å². The van der Waals surface area contributed by atoms with Crippen LogP contribution in [0.5, 0.6) is 0 Å². The smallest absolute Gasteiger partial charge is 0.363 e. The summed E-state index contributed by atoms with van der Waals surface area (Å²) in [6, 6.07) is 12.2. The third kappa shape index (κ3) is 3.35. The molecular weight excluding hydrogens is 423 g/mol. The third-order valence-corrected chi connectivity index (χ3v) is 4.17. The van der Waals surface area contributed by atoms with Crippen molar-refractivity contribution in [2.75, 3.05) is 0 Å².